The summed E-state index contributed by atoms with van der Waals surface area (Å²) in [7, 11) is 0. The van der Waals surface area contributed by atoms with Gasteiger partial charge in [-0.3, -0.25) is 4.90 Å². The van der Waals surface area contributed by atoms with E-state index in [0.717, 1.165) is 32.7 Å². The smallest absolute Gasteiger partial charge is 0.0477 e. The first-order valence-corrected chi connectivity index (χ1v) is 8.21. The van der Waals surface area contributed by atoms with Crippen molar-refractivity contribution in [2.75, 3.05) is 32.8 Å². The minimum absolute atomic E-state index is 0.619. The standard InChI is InChI=1S/C16H36N2O/c1-6-9-12-18(15(4)7-2)16(5)14-17-11-10-13-19-8-3/h15-17H,6-14H2,1-5H3. The van der Waals surface area contributed by atoms with Crippen LogP contribution in [0.3, 0.4) is 0 Å². The van der Waals surface area contributed by atoms with Gasteiger partial charge in [-0.2, -0.15) is 0 Å². The van der Waals surface area contributed by atoms with Crippen LogP contribution in [-0.4, -0.2) is 49.8 Å². The van der Waals surface area contributed by atoms with Gasteiger partial charge in [0.15, 0.2) is 0 Å². The number of hydrogen-bond acceptors (Lipinski definition) is 3. The van der Waals surface area contributed by atoms with Gasteiger partial charge in [0.1, 0.15) is 0 Å². The van der Waals surface area contributed by atoms with Crippen LogP contribution >= 0.6 is 0 Å². The van der Waals surface area contributed by atoms with Crippen molar-refractivity contribution in [1.29, 1.82) is 0 Å². The number of nitrogens with one attached hydrogen (secondary N) is 1. The highest BCUT2D eigenvalue weighted by atomic mass is 16.5. The topological polar surface area (TPSA) is 24.5 Å². The van der Waals surface area contributed by atoms with E-state index in [0.29, 0.717) is 12.1 Å². The summed E-state index contributed by atoms with van der Waals surface area (Å²) < 4.78 is 5.35. The fraction of sp³-hybridized carbons (Fsp3) is 1.00. The molecule has 2 atom stereocenters. The van der Waals surface area contributed by atoms with E-state index >= 15 is 0 Å². The first-order valence-electron chi connectivity index (χ1n) is 8.21. The molecule has 3 heteroatoms. The Bertz CT molecular complexity index is 188. The van der Waals surface area contributed by atoms with Crippen LogP contribution in [0.5, 0.6) is 0 Å². The monoisotopic (exact) mass is 272 g/mol. The first-order chi connectivity index (χ1) is 9.17. The third-order valence-electron chi connectivity index (χ3n) is 3.78. The van der Waals surface area contributed by atoms with Crippen molar-refractivity contribution in [2.45, 2.75) is 72.4 Å². The average molecular weight is 272 g/mol. The summed E-state index contributed by atoms with van der Waals surface area (Å²) in [5, 5.41) is 3.56. The Morgan fingerprint density at radius 2 is 1.79 bits per heavy atom. The van der Waals surface area contributed by atoms with Crippen LogP contribution in [0.4, 0.5) is 0 Å². The average Bonchev–Trinajstić information content (AvgIpc) is 2.42. The Kier molecular flexibility index (Phi) is 12.8. The van der Waals surface area contributed by atoms with Crippen molar-refractivity contribution >= 4 is 0 Å². The molecule has 0 aliphatic carbocycles. The Morgan fingerprint density at radius 1 is 1.05 bits per heavy atom. The minimum atomic E-state index is 0.619. The lowest BCUT2D eigenvalue weighted by Crippen LogP contribution is -2.45. The van der Waals surface area contributed by atoms with Crippen molar-refractivity contribution in [2.24, 2.45) is 0 Å². The molecule has 19 heavy (non-hydrogen) atoms. The predicted molar refractivity (Wildman–Crippen MR) is 84.8 cm³/mol. The lowest BCUT2D eigenvalue weighted by atomic mass is 10.1. The van der Waals surface area contributed by atoms with Crippen LogP contribution in [0.15, 0.2) is 0 Å². The molecule has 0 amide bonds. The van der Waals surface area contributed by atoms with Gasteiger partial charge in [-0.15, -0.1) is 0 Å². The molecule has 0 saturated carbocycles. The van der Waals surface area contributed by atoms with Gasteiger partial charge in [0.05, 0.1) is 0 Å². The summed E-state index contributed by atoms with van der Waals surface area (Å²) in [6.07, 6.45) is 4.93. The maximum atomic E-state index is 5.35. The number of nitrogens with zero attached hydrogens (tertiary/aromatic N) is 1. The summed E-state index contributed by atoms with van der Waals surface area (Å²) in [5.41, 5.74) is 0. The first kappa shape index (κ1) is 18.9. The third-order valence-corrected chi connectivity index (χ3v) is 3.78. The van der Waals surface area contributed by atoms with Gasteiger partial charge < -0.3 is 10.1 Å². The lowest BCUT2D eigenvalue weighted by Gasteiger charge is -2.34. The summed E-state index contributed by atoms with van der Waals surface area (Å²) in [6.45, 7) is 16.4. The molecule has 0 aromatic rings. The molecule has 0 bridgehead atoms. The van der Waals surface area contributed by atoms with Crippen LogP contribution in [0, 0.1) is 0 Å². The summed E-state index contributed by atoms with van der Waals surface area (Å²) >= 11 is 0. The van der Waals surface area contributed by atoms with E-state index in [4.69, 9.17) is 4.74 Å². The van der Waals surface area contributed by atoms with Gasteiger partial charge in [0, 0.05) is 31.8 Å². The number of ether oxygens (including phenoxy) is 1. The molecule has 0 aromatic heterocycles. The Balaban J connectivity index is 3.86. The largest absolute Gasteiger partial charge is 0.382 e. The van der Waals surface area contributed by atoms with Crippen molar-refractivity contribution in [1.82, 2.24) is 10.2 Å². The van der Waals surface area contributed by atoms with E-state index in [1.165, 1.54) is 25.8 Å². The second-order valence-electron chi connectivity index (χ2n) is 5.45. The molecule has 3 nitrogen and oxygen atoms in total. The number of hydrogen-bond donors (Lipinski definition) is 1. The normalized spacial score (nSPS) is 14.8. The highest BCUT2D eigenvalue weighted by Gasteiger charge is 2.17. The van der Waals surface area contributed by atoms with E-state index in [9.17, 15) is 0 Å². The van der Waals surface area contributed by atoms with Gasteiger partial charge in [-0.05, 0) is 53.1 Å². The third kappa shape index (κ3) is 9.42. The van der Waals surface area contributed by atoms with Crippen molar-refractivity contribution in [3.63, 3.8) is 0 Å². The van der Waals surface area contributed by atoms with Gasteiger partial charge in [-0.25, -0.2) is 0 Å². The van der Waals surface area contributed by atoms with Gasteiger partial charge >= 0.3 is 0 Å². The molecule has 0 radical (unpaired) electrons. The second-order valence-corrected chi connectivity index (χ2v) is 5.45. The van der Waals surface area contributed by atoms with E-state index < -0.39 is 0 Å². The fourth-order valence-electron chi connectivity index (χ4n) is 2.32. The molecule has 0 saturated heterocycles. The molecule has 1 N–H and O–H groups in total. The number of unbranched alkanes of at least 4 members (excludes halogenated alkanes) is 1. The zero-order valence-electron chi connectivity index (χ0n) is 13.9. The maximum Gasteiger partial charge on any atom is 0.0477 e. The zero-order valence-corrected chi connectivity index (χ0v) is 13.9. The van der Waals surface area contributed by atoms with Crippen LogP contribution in [0.1, 0.15) is 60.3 Å². The van der Waals surface area contributed by atoms with E-state index in [2.05, 4.69) is 37.9 Å². The minimum Gasteiger partial charge on any atom is -0.382 e. The second kappa shape index (κ2) is 12.9. The fourth-order valence-corrected chi connectivity index (χ4v) is 2.32. The molecule has 0 aromatic carbocycles. The van der Waals surface area contributed by atoms with Gasteiger partial charge in [-0.1, -0.05) is 20.3 Å². The molecule has 0 spiro atoms. The van der Waals surface area contributed by atoms with Crippen LogP contribution in [0.25, 0.3) is 0 Å². The maximum absolute atomic E-state index is 5.35. The number of rotatable bonds is 13. The Labute approximate surface area is 121 Å². The summed E-state index contributed by atoms with van der Waals surface area (Å²) in [4.78, 5) is 2.65. The molecule has 0 rings (SSSR count). The van der Waals surface area contributed by atoms with E-state index in [1.807, 2.05) is 6.92 Å². The quantitative estimate of drug-likeness (QED) is 0.521. The van der Waals surface area contributed by atoms with Crippen molar-refractivity contribution in [3.05, 3.63) is 0 Å². The Morgan fingerprint density at radius 3 is 2.37 bits per heavy atom. The summed E-state index contributed by atoms with van der Waals surface area (Å²) in [5.74, 6) is 0. The zero-order chi connectivity index (χ0) is 14.5. The van der Waals surface area contributed by atoms with Crippen molar-refractivity contribution in [3.8, 4) is 0 Å². The lowest BCUT2D eigenvalue weighted by molar-refractivity contribution is 0.136. The van der Waals surface area contributed by atoms with E-state index in [1.54, 1.807) is 0 Å². The van der Waals surface area contributed by atoms with Crippen LogP contribution < -0.4 is 5.32 Å². The molecule has 2 unspecified atom stereocenters. The molecular formula is C16H36N2O. The molecule has 0 aliphatic heterocycles. The molecular weight excluding hydrogens is 236 g/mol. The molecule has 0 aliphatic rings. The van der Waals surface area contributed by atoms with Crippen molar-refractivity contribution < 1.29 is 4.74 Å². The molecule has 116 valence electrons. The van der Waals surface area contributed by atoms with Crippen LogP contribution in [0.2, 0.25) is 0 Å². The molecule has 0 fully saturated rings. The van der Waals surface area contributed by atoms with Gasteiger partial charge in [0.25, 0.3) is 0 Å². The highest BCUT2D eigenvalue weighted by molar-refractivity contribution is 4.74. The van der Waals surface area contributed by atoms with Crippen LogP contribution in [-0.2, 0) is 4.74 Å². The molecule has 0 heterocycles. The summed E-state index contributed by atoms with van der Waals surface area (Å²) in [6, 6.07) is 1.31. The van der Waals surface area contributed by atoms with E-state index in [-0.39, 0.29) is 0 Å². The Hall–Kier alpha value is -0.120. The van der Waals surface area contributed by atoms with Gasteiger partial charge in [0.2, 0.25) is 0 Å². The SMILES string of the molecule is CCCCN(C(C)CC)C(C)CNCCCOCC. The predicted octanol–water partition coefficient (Wildman–Crippen LogP) is 3.29. The highest BCUT2D eigenvalue weighted by Crippen LogP contribution is 2.10.